The lowest BCUT2D eigenvalue weighted by molar-refractivity contribution is 0.0619. The minimum atomic E-state index is -0.0147. The number of hydrogen-bond acceptors (Lipinski definition) is 5. The highest BCUT2D eigenvalue weighted by Crippen LogP contribution is 2.35. The van der Waals surface area contributed by atoms with Crippen LogP contribution in [0.5, 0.6) is 0 Å². The van der Waals surface area contributed by atoms with Crippen molar-refractivity contribution in [3.8, 4) is 0 Å². The van der Waals surface area contributed by atoms with Crippen molar-refractivity contribution in [2.75, 3.05) is 25.0 Å². The summed E-state index contributed by atoms with van der Waals surface area (Å²) in [6, 6.07) is 2.91. The van der Waals surface area contributed by atoms with E-state index in [0.717, 1.165) is 22.3 Å². The lowest BCUT2D eigenvalue weighted by atomic mass is 9.84. The number of nitrogens with one attached hydrogen (secondary N) is 2. The molecule has 5 heterocycles. The van der Waals surface area contributed by atoms with E-state index in [-0.39, 0.29) is 11.9 Å². The molecule has 0 radical (unpaired) electrons. The van der Waals surface area contributed by atoms with Gasteiger partial charge < -0.3 is 15.5 Å². The smallest absolute Gasteiger partial charge is 0.271 e. The summed E-state index contributed by atoms with van der Waals surface area (Å²) in [7, 11) is 0. The number of thiophene rings is 1. The molecule has 0 spiro atoms. The first-order valence-electron chi connectivity index (χ1n) is 8.94. The number of pyridine rings is 1. The van der Waals surface area contributed by atoms with Gasteiger partial charge >= 0.3 is 0 Å². The van der Waals surface area contributed by atoms with Gasteiger partial charge in [0.15, 0.2) is 0 Å². The van der Waals surface area contributed by atoms with E-state index in [1.807, 2.05) is 6.07 Å². The molecule has 1 aliphatic carbocycles. The summed E-state index contributed by atoms with van der Waals surface area (Å²) < 4.78 is 0.999. The highest BCUT2D eigenvalue weighted by molar-refractivity contribution is 7.18. The molecule has 3 aliphatic heterocycles. The molecule has 6 rings (SSSR count). The molecular formula is C18H22N4OS. The van der Waals surface area contributed by atoms with Crippen LogP contribution in [0.15, 0.2) is 17.6 Å². The molecule has 1 amide bonds. The van der Waals surface area contributed by atoms with E-state index in [2.05, 4.69) is 25.9 Å². The van der Waals surface area contributed by atoms with E-state index in [4.69, 9.17) is 0 Å². The number of carbonyl (C=O) groups is 1. The van der Waals surface area contributed by atoms with E-state index in [1.54, 1.807) is 17.5 Å². The number of aromatic nitrogens is 1. The summed E-state index contributed by atoms with van der Waals surface area (Å²) in [4.78, 5) is 19.7. The van der Waals surface area contributed by atoms with Crippen molar-refractivity contribution >= 4 is 33.0 Å². The van der Waals surface area contributed by atoms with Crippen LogP contribution in [-0.2, 0) is 0 Å². The van der Waals surface area contributed by atoms with E-state index in [9.17, 15) is 4.79 Å². The van der Waals surface area contributed by atoms with Gasteiger partial charge in [-0.15, -0.1) is 11.3 Å². The van der Waals surface area contributed by atoms with E-state index in [0.29, 0.717) is 17.7 Å². The van der Waals surface area contributed by atoms with Crippen molar-refractivity contribution in [2.24, 2.45) is 5.92 Å². The van der Waals surface area contributed by atoms with Crippen molar-refractivity contribution in [3.05, 3.63) is 23.3 Å². The Kier molecular flexibility index (Phi) is 3.49. The second-order valence-electron chi connectivity index (χ2n) is 7.32. The maximum absolute atomic E-state index is 12.8. The Morgan fingerprint density at radius 1 is 1.25 bits per heavy atom. The van der Waals surface area contributed by atoms with Gasteiger partial charge in [0.05, 0.1) is 10.4 Å². The lowest BCUT2D eigenvalue weighted by Crippen LogP contribution is -2.57. The van der Waals surface area contributed by atoms with Crippen LogP contribution in [0.4, 0.5) is 5.69 Å². The summed E-state index contributed by atoms with van der Waals surface area (Å²) in [5, 5.41) is 10.1. The first-order chi connectivity index (χ1) is 11.8. The predicted molar refractivity (Wildman–Crippen MR) is 96.7 cm³/mol. The van der Waals surface area contributed by atoms with Crippen molar-refractivity contribution < 1.29 is 4.79 Å². The Balaban J connectivity index is 1.39. The molecule has 1 saturated carbocycles. The van der Waals surface area contributed by atoms with Crippen molar-refractivity contribution in [1.29, 1.82) is 0 Å². The topological polar surface area (TPSA) is 57.3 Å². The average Bonchev–Trinajstić information content (AvgIpc) is 3.34. The van der Waals surface area contributed by atoms with Crippen LogP contribution in [-0.4, -0.2) is 47.5 Å². The number of fused-ring (bicyclic) bond motifs is 4. The fourth-order valence-corrected chi connectivity index (χ4v) is 5.04. The summed E-state index contributed by atoms with van der Waals surface area (Å²) in [5.74, 6) is 0.618. The van der Waals surface area contributed by atoms with Gasteiger partial charge in [-0.2, -0.15) is 0 Å². The highest BCUT2D eigenvalue weighted by Gasteiger charge is 2.35. The van der Waals surface area contributed by atoms with Crippen LogP contribution in [0.25, 0.3) is 10.1 Å². The molecule has 6 heteroatoms. The van der Waals surface area contributed by atoms with Crippen LogP contribution >= 0.6 is 11.3 Å². The summed E-state index contributed by atoms with van der Waals surface area (Å²) in [6.07, 6.45) is 6.66. The maximum atomic E-state index is 12.8. The number of nitrogens with zero attached hydrogens (tertiary/aromatic N) is 2. The second-order valence-corrected chi connectivity index (χ2v) is 8.20. The number of amides is 1. The average molecular weight is 342 g/mol. The second kappa shape index (κ2) is 5.70. The molecule has 0 unspecified atom stereocenters. The molecule has 1 atom stereocenters. The molecule has 2 bridgehead atoms. The highest BCUT2D eigenvalue weighted by atomic mass is 32.1. The number of carbonyl (C=O) groups excluding carboxylic acids is 1. The molecule has 126 valence electrons. The third-order valence-corrected chi connectivity index (χ3v) is 6.62. The minimum Gasteiger partial charge on any atom is -0.381 e. The number of hydrogen-bond donors (Lipinski definition) is 2. The SMILES string of the molecule is O=C(N[C@H]1CN2CCC1CC2)c1nccc2c(NC3CC3)csc12. The summed E-state index contributed by atoms with van der Waals surface area (Å²) in [6.45, 7) is 3.36. The molecule has 3 saturated heterocycles. The molecule has 5 nitrogen and oxygen atoms in total. The van der Waals surface area contributed by atoms with Gasteiger partial charge in [-0.25, -0.2) is 4.98 Å². The Morgan fingerprint density at radius 3 is 2.79 bits per heavy atom. The monoisotopic (exact) mass is 342 g/mol. The molecule has 2 aromatic rings. The number of anilines is 1. The molecule has 2 aromatic heterocycles. The van der Waals surface area contributed by atoms with Gasteiger partial charge in [-0.3, -0.25) is 4.79 Å². The van der Waals surface area contributed by atoms with Gasteiger partial charge in [0, 0.05) is 35.6 Å². The van der Waals surface area contributed by atoms with Gasteiger partial charge in [-0.05, 0) is 50.8 Å². The van der Waals surface area contributed by atoms with Gasteiger partial charge in [-0.1, -0.05) is 0 Å². The van der Waals surface area contributed by atoms with Crippen LogP contribution in [0.3, 0.4) is 0 Å². The Labute approximate surface area is 145 Å². The molecule has 2 N–H and O–H groups in total. The normalized spacial score (nSPS) is 28.9. The number of rotatable bonds is 4. The van der Waals surface area contributed by atoms with Crippen molar-refractivity contribution in [3.63, 3.8) is 0 Å². The van der Waals surface area contributed by atoms with Gasteiger partial charge in [0.25, 0.3) is 5.91 Å². The molecule has 4 aliphatic rings. The fraction of sp³-hybridized carbons (Fsp3) is 0.556. The zero-order chi connectivity index (χ0) is 16.1. The molecule has 24 heavy (non-hydrogen) atoms. The van der Waals surface area contributed by atoms with E-state index in [1.165, 1.54) is 38.8 Å². The lowest BCUT2D eigenvalue weighted by Gasteiger charge is -2.44. The van der Waals surface area contributed by atoms with Crippen molar-refractivity contribution in [1.82, 2.24) is 15.2 Å². The largest absolute Gasteiger partial charge is 0.381 e. The number of piperidine rings is 3. The van der Waals surface area contributed by atoms with Crippen LogP contribution in [0.2, 0.25) is 0 Å². The zero-order valence-electron chi connectivity index (χ0n) is 13.6. The van der Waals surface area contributed by atoms with E-state index < -0.39 is 0 Å². The standard InChI is InChI=1S/C18H22N4OS/c23-18(21-14-9-22-7-4-11(14)5-8-22)16-17-13(3-6-19-16)15(10-24-17)20-12-1-2-12/h3,6,10-12,14,20H,1-2,4-5,7-9H2,(H,21,23)/t14-/m0/s1. The molecular weight excluding hydrogens is 320 g/mol. The van der Waals surface area contributed by atoms with Crippen LogP contribution < -0.4 is 10.6 Å². The third kappa shape index (κ3) is 2.58. The minimum absolute atomic E-state index is 0.0147. The Morgan fingerprint density at radius 2 is 2.08 bits per heavy atom. The zero-order valence-corrected chi connectivity index (χ0v) is 14.4. The van der Waals surface area contributed by atoms with Crippen LogP contribution in [0, 0.1) is 5.92 Å². The van der Waals surface area contributed by atoms with Crippen molar-refractivity contribution in [2.45, 2.75) is 37.8 Å². The summed E-state index contributed by atoms with van der Waals surface area (Å²) in [5.41, 5.74) is 1.73. The predicted octanol–water partition coefficient (Wildman–Crippen LogP) is 2.69. The van der Waals surface area contributed by atoms with Crippen LogP contribution in [0.1, 0.15) is 36.2 Å². The first-order valence-corrected chi connectivity index (χ1v) is 9.82. The van der Waals surface area contributed by atoms with E-state index >= 15 is 0 Å². The quantitative estimate of drug-likeness (QED) is 0.897. The fourth-order valence-electron chi connectivity index (χ4n) is 4.05. The Bertz CT molecular complexity index is 776. The molecule has 4 fully saturated rings. The summed E-state index contributed by atoms with van der Waals surface area (Å²) >= 11 is 1.62. The Hall–Kier alpha value is -1.66. The maximum Gasteiger partial charge on any atom is 0.271 e. The third-order valence-electron chi connectivity index (χ3n) is 5.61. The molecule has 0 aromatic carbocycles. The first kappa shape index (κ1) is 14.7. The van der Waals surface area contributed by atoms with Gasteiger partial charge in [0.2, 0.25) is 0 Å². The van der Waals surface area contributed by atoms with Gasteiger partial charge in [0.1, 0.15) is 5.69 Å².